The van der Waals surface area contributed by atoms with Gasteiger partial charge in [0, 0.05) is 31.6 Å². The Morgan fingerprint density at radius 1 is 1.42 bits per heavy atom. The van der Waals surface area contributed by atoms with Gasteiger partial charge in [0.1, 0.15) is 6.04 Å². The molecule has 1 amide bonds. The monoisotopic (exact) mass is 362 g/mol. The summed E-state index contributed by atoms with van der Waals surface area (Å²) < 4.78 is 51.1. The Hall–Kier alpha value is -1.55. The molecule has 1 aromatic rings. The third kappa shape index (κ3) is 3.44. The molecule has 0 unspecified atom stereocenters. The smallest absolute Gasteiger partial charge is 0.282 e. The van der Waals surface area contributed by atoms with Crippen molar-refractivity contribution in [2.75, 3.05) is 37.7 Å². The van der Waals surface area contributed by atoms with Crippen LogP contribution in [0.15, 0.2) is 12.5 Å². The summed E-state index contributed by atoms with van der Waals surface area (Å²) in [5.41, 5.74) is 0.779. The fourth-order valence-corrected chi connectivity index (χ4v) is 3.85. The molecule has 3 heterocycles. The Kier molecular flexibility index (Phi) is 4.37. The predicted molar refractivity (Wildman–Crippen MR) is 82.4 cm³/mol. The average molecular weight is 362 g/mol. The highest BCUT2D eigenvalue weighted by atomic mass is 32.2. The lowest BCUT2D eigenvalue weighted by atomic mass is 10.1. The molecule has 3 rings (SSSR count). The fourth-order valence-electron chi connectivity index (χ4n) is 3.02. The first-order valence-electron chi connectivity index (χ1n) is 7.81. The highest BCUT2D eigenvalue weighted by molar-refractivity contribution is 7.91. The second-order valence-corrected chi connectivity index (χ2v) is 8.80. The number of aromatic nitrogens is 2. The van der Waals surface area contributed by atoms with Crippen molar-refractivity contribution in [3.63, 3.8) is 0 Å². The van der Waals surface area contributed by atoms with Gasteiger partial charge in [-0.15, -0.1) is 0 Å². The molecule has 1 fully saturated rings. The van der Waals surface area contributed by atoms with E-state index in [-0.39, 0.29) is 17.4 Å². The van der Waals surface area contributed by atoms with E-state index in [4.69, 9.17) is 0 Å². The van der Waals surface area contributed by atoms with Crippen LogP contribution in [0.1, 0.15) is 18.7 Å². The lowest BCUT2D eigenvalue weighted by molar-refractivity contribution is -0.169. The third-order valence-electron chi connectivity index (χ3n) is 4.50. The number of sulfone groups is 1. The number of rotatable bonds is 5. The largest absolute Gasteiger partial charge is 0.329 e. The minimum Gasteiger partial charge on any atom is -0.329 e. The molecule has 134 valence electrons. The molecule has 0 aromatic carbocycles. The summed E-state index contributed by atoms with van der Waals surface area (Å²) in [6.45, 7) is 1.56. The van der Waals surface area contributed by atoms with Gasteiger partial charge in [0.15, 0.2) is 9.84 Å². The van der Waals surface area contributed by atoms with Gasteiger partial charge in [-0.1, -0.05) is 6.92 Å². The van der Waals surface area contributed by atoms with E-state index in [1.165, 1.54) is 6.33 Å². The molecule has 0 aliphatic carbocycles. The van der Waals surface area contributed by atoms with E-state index >= 15 is 0 Å². The van der Waals surface area contributed by atoms with Crippen molar-refractivity contribution in [1.29, 1.82) is 0 Å². The molecule has 0 spiro atoms. The molecule has 1 saturated heterocycles. The lowest BCUT2D eigenvalue weighted by Gasteiger charge is -2.42. The van der Waals surface area contributed by atoms with Crippen LogP contribution in [0.2, 0.25) is 0 Å². The molecule has 10 heteroatoms. The first kappa shape index (κ1) is 17.3. The van der Waals surface area contributed by atoms with Crippen LogP contribution < -0.4 is 0 Å². The van der Waals surface area contributed by atoms with E-state index in [0.717, 1.165) is 10.6 Å². The first-order chi connectivity index (χ1) is 11.2. The van der Waals surface area contributed by atoms with E-state index in [0.29, 0.717) is 19.6 Å². The summed E-state index contributed by atoms with van der Waals surface area (Å²) in [7, 11) is -3.10. The molecule has 0 saturated carbocycles. The van der Waals surface area contributed by atoms with Crippen molar-refractivity contribution < 1.29 is 22.0 Å². The van der Waals surface area contributed by atoms with Gasteiger partial charge < -0.3 is 9.47 Å². The Morgan fingerprint density at radius 3 is 2.75 bits per heavy atom. The summed E-state index contributed by atoms with van der Waals surface area (Å²) >= 11 is 0. The number of carbonyl (C=O) groups is 1. The minimum absolute atomic E-state index is 0.0142. The molecular formula is C14H20F2N4O3S. The second kappa shape index (κ2) is 6.07. The summed E-state index contributed by atoms with van der Waals surface area (Å²) in [5.74, 6) is -3.09. The van der Waals surface area contributed by atoms with E-state index in [2.05, 4.69) is 4.98 Å². The highest BCUT2D eigenvalue weighted by Crippen LogP contribution is 2.31. The van der Waals surface area contributed by atoms with Crippen LogP contribution in [0.5, 0.6) is 0 Å². The number of imidazole rings is 1. The summed E-state index contributed by atoms with van der Waals surface area (Å²) in [6, 6.07) is -0.642. The van der Waals surface area contributed by atoms with E-state index in [1.54, 1.807) is 17.7 Å². The molecule has 1 atom stereocenters. The van der Waals surface area contributed by atoms with Crippen LogP contribution in [0.3, 0.4) is 0 Å². The van der Waals surface area contributed by atoms with E-state index < -0.39 is 34.9 Å². The zero-order chi connectivity index (χ0) is 17.5. The molecule has 0 bridgehead atoms. The maximum Gasteiger partial charge on any atom is 0.282 e. The maximum atomic E-state index is 13.0. The fraction of sp³-hybridized carbons (Fsp3) is 0.714. The van der Waals surface area contributed by atoms with Crippen LogP contribution >= 0.6 is 0 Å². The third-order valence-corrected chi connectivity index (χ3v) is 6.18. The molecule has 0 N–H and O–H groups in total. The highest BCUT2D eigenvalue weighted by Gasteiger charge is 2.48. The number of hydrogen-bond acceptors (Lipinski definition) is 5. The normalized spacial score (nSPS) is 23.6. The lowest BCUT2D eigenvalue weighted by Crippen LogP contribution is -2.61. The van der Waals surface area contributed by atoms with Crippen LogP contribution in [0.4, 0.5) is 8.78 Å². The van der Waals surface area contributed by atoms with Gasteiger partial charge in [-0.3, -0.25) is 9.69 Å². The Bertz CT molecular complexity index is 726. The zero-order valence-electron chi connectivity index (χ0n) is 13.4. The van der Waals surface area contributed by atoms with Gasteiger partial charge in [-0.25, -0.2) is 22.2 Å². The van der Waals surface area contributed by atoms with Crippen LogP contribution in [0.25, 0.3) is 0 Å². The van der Waals surface area contributed by atoms with Gasteiger partial charge in [0.2, 0.25) is 5.91 Å². The number of halogens is 2. The molecule has 0 radical (unpaired) electrons. The molecule has 7 nitrogen and oxygen atoms in total. The van der Waals surface area contributed by atoms with Crippen LogP contribution in [-0.4, -0.2) is 77.3 Å². The summed E-state index contributed by atoms with van der Waals surface area (Å²) in [6.07, 6.45) is 3.14. The standard InChI is InChI=1S/C14H20F2N4O3S/c1-2-24(22,23)4-3-18-6-11-5-17-10-20(11)12(7-18)13(21)19-8-14(15,16)9-19/h5,10,12H,2-4,6-9H2,1H3/t12-/m0/s1. The first-order valence-corrected chi connectivity index (χ1v) is 9.63. The molecule has 2 aliphatic rings. The number of alkyl halides is 2. The number of nitrogens with zero attached hydrogens (tertiary/aromatic N) is 4. The molecule has 1 aromatic heterocycles. The number of likely N-dealkylation sites (tertiary alicyclic amines) is 1. The molecule has 2 aliphatic heterocycles. The van der Waals surface area contributed by atoms with Gasteiger partial charge in [0.05, 0.1) is 30.9 Å². The summed E-state index contributed by atoms with van der Waals surface area (Å²) in [5, 5.41) is 0. The van der Waals surface area contributed by atoms with Crippen molar-refractivity contribution in [3.05, 3.63) is 18.2 Å². The molecule has 24 heavy (non-hydrogen) atoms. The minimum atomic E-state index is -3.10. The van der Waals surface area contributed by atoms with Crippen molar-refractivity contribution in [1.82, 2.24) is 19.4 Å². The summed E-state index contributed by atoms with van der Waals surface area (Å²) in [4.78, 5) is 19.6. The number of hydrogen-bond donors (Lipinski definition) is 0. The maximum absolute atomic E-state index is 13.0. The van der Waals surface area contributed by atoms with Crippen molar-refractivity contribution in [3.8, 4) is 0 Å². The average Bonchev–Trinajstić information content (AvgIpc) is 2.97. The van der Waals surface area contributed by atoms with Crippen LogP contribution in [-0.2, 0) is 21.2 Å². The Labute approximate surface area is 139 Å². The van der Waals surface area contributed by atoms with Crippen molar-refractivity contribution in [2.45, 2.75) is 25.4 Å². The van der Waals surface area contributed by atoms with E-state index in [9.17, 15) is 22.0 Å². The number of carbonyl (C=O) groups excluding carboxylic acids is 1. The van der Waals surface area contributed by atoms with Crippen molar-refractivity contribution >= 4 is 15.7 Å². The number of fused-ring (bicyclic) bond motifs is 1. The van der Waals surface area contributed by atoms with Gasteiger partial charge >= 0.3 is 0 Å². The Balaban J connectivity index is 1.71. The SMILES string of the molecule is CCS(=O)(=O)CCN1Cc2cncn2[C@H](C(=O)N2CC(F)(F)C2)C1. The van der Waals surface area contributed by atoms with E-state index in [1.807, 2.05) is 4.90 Å². The van der Waals surface area contributed by atoms with Gasteiger partial charge in [-0.2, -0.15) is 0 Å². The second-order valence-electron chi connectivity index (χ2n) is 6.33. The molecular weight excluding hydrogens is 342 g/mol. The van der Waals surface area contributed by atoms with Gasteiger partial charge in [0.25, 0.3) is 5.92 Å². The topological polar surface area (TPSA) is 75.5 Å². The predicted octanol–water partition coefficient (Wildman–Crippen LogP) is 0.152. The Morgan fingerprint density at radius 2 is 2.12 bits per heavy atom. The van der Waals surface area contributed by atoms with Gasteiger partial charge in [-0.05, 0) is 0 Å². The quantitative estimate of drug-likeness (QED) is 0.746. The number of amides is 1. The van der Waals surface area contributed by atoms with Crippen LogP contribution in [0, 0.1) is 0 Å². The van der Waals surface area contributed by atoms with Crippen molar-refractivity contribution in [2.24, 2.45) is 0 Å². The zero-order valence-corrected chi connectivity index (χ0v) is 14.2.